The van der Waals surface area contributed by atoms with Gasteiger partial charge in [0.1, 0.15) is 0 Å². The van der Waals surface area contributed by atoms with Crippen LogP contribution >= 0.6 is 0 Å². The van der Waals surface area contributed by atoms with Gasteiger partial charge in [-0.1, -0.05) is 12.5 Å². The lowest BCUT2D eigenvalue weighted by Crippen LogP contribution is -2.34. The quantitative estimate of drug-likeness (QED) is 0.871. The summed E-state index contributed by atoms with van der Waals surface area (Å²) in [6.07, 6.45) is 4.16. The van der Waals surface area contributed by atoms with Gasteiger partial charge in [0.25, 0.3) is 0 Å². The minimum absolute atomic E-state index is 0.0239. The first-order valence-corrected chi connectivity index (χ1v) is 10.2. The van der Waals surface area contributed by atoms with Gasteiger partial charge in [-0.3, -0.25) is 9.10 Å². The molecule has 0 spiro atoms. The number of nitrogens with one attached hydrogen (secondary N) is 1. The molecule has 1 aliphatic carbocycles. The van der Waals surface area contributed by atoms with Gasteiger partial charge in [0.15, 0.2) is 0 Å². The summed E-state index contributed by atoms with van der Waals surface area (Å²) in [5, 5.41) is 2.93. The lowest BCUT2D eigenvalue weighted by Gasteiger charge is -2.26. The highest BCUT2D eigenvalue weighted by atomic mass is 32.2. The Morgan fingerprint density at radius 2 is 2.08 bits per heavy atom. The van der Waals surface area contributed by atoms with Gasteiger partial charge in [-0.15, -0.1) is 0 Å². The first-order valence-electron chi connectivity index (χ1n) is 8.54. The third-order valence-electron chi connectivity index (χ3n) is 4.93. The molecule has 2 aliphatic rings. The zero-order valence-electron chi connectivity index (χ0n) is 14.0. The minimum atomic E-state index is -3.23. The standard InChI is InChI=1S/C17H25N3O3S/c1-12-6-7-15(11-16(12)20-8-3-9-24(20,22)23)19-17(21)13-4-2-5-14(18)10-13/h6-7,11,13-14H,2-5,8-10,18H2,1H3,(H,19,21). The number of carbonyl (C=O) groups is 1. The molecule has 132 valence electrons. The summed E-state index contributed by atoms with van der Waals surface area (Å²) in [6.45, 7) is 2.38. The molecular formula is C17H25N3O3S. The lowest BCUT2D eigenvalue weighted by molar-refractivity contribution is -0.120. The van der Waals surface area contributed by atoms with Gasteiger partial charge < -0.3 is 11.1 Å². The van der Waals surface area contributed by atoms with Crippen molar-refractivity contribution in [1.29, 1.82) is 0 Å². The Balaban J connectivity index is 1.77. The zero-order chi connectivity index (χ0) is 17.3. The number of benzene rings is 1. The topological polar surface area (TPSA) is 92.5 Å². The van der Waals surface area contributed by atoms with Crippen LogP contribution in [0.25, 0.3) is 0 Å². The van der Waals surface area contributed by atoms with E-state index in [1.54, 1.807) is 6.07 Å². The fourth-order valence-electron chi connectivity index (χ4n) is 3.58. The van der Waals surface area contributed by atoms with Crippen LogP contribution in [-0.4, -0.2) is 32.7 Å². The van der Waals surface area contributed by atoms with Crippen molar-refractivity contribution in [2.45, 2.75) is 45.1 Å². The molecule has 3 rings (SSSR count). The third-order valence-corrected chi connectivity index (χ3v) is 6.79. The number of aryl methyl sites for hydroxylation is 1. The van der Waals surface area contributed by atoms with Crippen LogP contribution in [-0.2, 0) is 14.8 Å². The number of nitrogens with zero attached hydrogens (tertiary/aromatic N) is 1. The number of carbonyl (C=O) groups excluding carboxylic acids is 1. The van der Waals surface area contributed by atoms with Crippen molar-refractivity contribution in [2.75, 3.05) is 21.9 Å². The van der Waals surface area contributed by atoms with E-state index in [2.05, 4.69) is 5.32 Å². The van der Waals surface area contributed by atoms with Gasteiger partial charge in [-0.25, -0.2) is 8.42 Å². The average Bonchev–Trinajstić information content (AvgIpc) is 2.88. The summed E-state index contributed by atoms with van der Waals surface area (Å²) in [5.41, 5.74) is 8.15. The number of amides is 1. The molecule has 3 N–H and O–H groups in total. The molecule has 6 nitrogen and oxygen atoms in total. The van der Waals surface area contributed by atoms with Crippen molar-refractivity contribution in [3.05, 3.63) is 23.8 Å². The van der Waals surface area contributed by atoms with Crippen molar-refractivity contribution in [2.24, 2.45) is 11.7 Å². The fraction of sp³-hybridized carbons (Fsp3) is 0.588. The first-order chi connectivity index (χ1) is 11.4. The van der Waals surface area contributed by atoms with Crippen molar-refractivity contribution < 1.29 is 13.2 Å². The largest absolute Gasteiger partial charge is 0.328 e. The van der Waals surface area contributed by atoms with E-state index in [4.69, 9.17) is 5.73 Å². The van der Waals surface area contributed by atoms with Crippen molar-refractivity contribution in [3.63, 3.8) is 0 Å². The Kier molecular flexibility index (Phi) is 4.83. The highest BCUT2D eigenvalue weighted by molar-refractivity contribution is 7.93. The minimum Gasteiger partial charge on any atom is -0.328 e. The molecule has 1 aromatic carbocycles. The molecule has 2 fully saturated rings. The summed E-state index contributed by atoms with van der Waals surface area (Å²) in [7, 11) is -3.23. The highest BCUT2D eigenvalue weighted by Crippen LogP contribution is 2.31. The molecule has 24 heavy (non-hydrogen) atoms. The molecule has 1 aromatic rings. The van der Waals surface area contributed by atoms with E-state index in [1.165, 1.54) is 4.31 Å². The van der Waals surface area contributed by atoms with Gasteiger partial charge >= 0.3 is 0 Å². The number of hydrogen-bond donors (Lipinski definition) is 2. The second kappa shape index (κ2) is 6.72. The van der Waals surface area contributed by atoms with Crippen LogP contribution in [0, 0.1) is 12.8 Å². The Morgan fingerprint density at radius 3 is 2.75 bits per heavy atom. The molecule has 1 aliphatic heterocycles. The normalized spacial score (nSPS) is 26.3. The molecule has 1 heterocycles. The maximum Gasteiger partial charge on any atom is 0.235 e. The van der Waals surface area contributed by atoms with Crippen LogP contribution in [0.15, 0.2) is 18.2 Å². The number of rotatable bonds is 3. The van der Waals surface area contributed by atoms with Gasteiger partial charge in [0.05, 0.1) is 11.4 Å². The van der Waals surface area contributed by atoms with Crippen molar-refractivity contribution in [3.8, 4) is 0 Å². The monoisotopic (exact) mass is 351 g/mol. The van der Waals surface area contributed by atoms with E-state index in [0.29, 0.717) is 30.8 Å². The van der Waals surface area contributed by atoms with Crippen LogP contribution in [0.5, 0.6) is 0 Å². The highest BCUT2D eigenvalue weighted by Gasteiger charge is 2.30. The summed E-state index contributed by atoms with van der Waals surface area (Å²) >= 11 is 0. The second-order valence-electron chi connectivity index (χ2n) is 6.86. The SMILES string of the molecule is Cc1ccc(NC(=O)C2CCCC(N)C2)cc1N1CCCS1(=O)=O. The molecule has 2 atom stereocenters. The second-order valence-corrected chi connectivity index (χ2v) is 8.87. The van der Waals surface area contributed by atoms with Gasteiger partial charge in [-0.05, 0) is 50.3 Å². The smallest absolute Gasteiger partial charge is 0.235 e. The zero-order valence-corrected chi connectivity index (χ0v) is 14.8. The number of sulfonamides is 1. The van der Waals surface area contributed by atoms with Crippen LogP contribution in [0.2, 0.25) is 0 Å². The van der Waals surface area contributed by atoms with E-state index in [1.807, 2.05) is 19.1 Å². The third kappa shape index (κ3) is 3.57. The molecule has 7 heteroatoms. The first kappa shape index (κ1) is 17.2. The number of nitrogens with two attached hydrogens (primary N) is 1. The van der Waals surface area contributed by atoms with Gasteiger partial charge in [-0.2, -0.15) is 0 Å². The summed E-state index contributed by atoms with van der Waals surface area (Å²) in [5.74, 6) is 0.0986. The Bertz CT molecular complexity index is 733. The predicted octanol–water partition coefficient (Wildman–Crippen LogP) is 1.99. The van der Waals surface area contributed by atoms with Crippen LogP contribution < -0.4 is 15.4 Å². The molecule has 1 saturated heterocycles. The van der Waals surface area contributed by atoms with Gasteiger partial charge in [0, 0.05) is 24.2 Å². The van der Waals surface area contributed by atoms with E-state index in [-0.39, 0.29) is 23.6 Å². The van der Waals surface area contributed by atoms with E-state index >= 15 is 0 Å². The summed E-state index contributed by atoms with van der Waals surface area (Å²) in [4.78, 5) is 12.5. The number of anilines is 2. The molecule has 1 saturated carbocycles. The Labute approximate surface area is 143 Å². The Morgan fingerprint density at radius 1 is 1.29 bits per heavy atom. The Hall–Kier alpha value is -1.60. The van der Waals surface area contributed by atoms with E-state index in [9.17, 15) is 13.2 Å². The summed E-state index contributed by atoms with van der Waals surface area (Å²) in [6, 6.07) is 5.53. The molecule has 0 bridgehead atoms. The van der Waals surface area contributed by atoms with E-state index < -0.39 is 10.0 Å². The van der Waals surface area contributed by atoms with Crippen molar-refractivity contribution >= 4 is 27.3 Å². The van der Waals surface area contributed by atoms with Crippen molar-refractivity contribution in [1.82, 2.24) is 0 Å². The van der Waals surface area contributed by atoms with E-state index in [0.717, 1.165) is 24.8 Å². The van der Waals surface area contributed by atoms with Crippen LogP contribution in [0.4, 0.5) is 11.4 Å². The summed E-state index contributed by atoms with van der Waals surface area (Å²) < 4.78 is 25.8. The maximum atomic E-state index is 12.5. The molecular weight excluding hydrogens is 326 g/mol. The number of hydrogen-bond acceptors (Lipinski definition) is 4. The fourth-order valence-corrected chi connectivity index (χ4v) is 5.19. The molecule has 2 unspecified atom stereocenters. The van der Waals surface area contributed by atoms with Gasteiger partial charge in [0.2, 0.25) is 15.9 Å². The molecule has 1 amide bonds. The molecule has 0 radical (unpaired) electrons. The lowest BCUT2D eigenvalue weighted by atomic mass is 9.85. The predicted molar refractivity (Wildman–Crippen MR) is 95.5 cm³/mol. The van der Waals surface area contributed by atoms with Crippen LogP contribution in [0.1, 0.15) is 37.7 Å². The van der Waals surface area contributed by atoms with Crippen LogP contribution in [0.3, 0.4) is 0 Å². The maximum absolute atomic E-state index is 12.5. The molecule has 0 aromatic heterocycles. The average molecular weight is 351 g/mol.